The summed E-state index contributed by atoms with van der Waals surface area (Å²) in [6, 6.07) is 25.4. The van der Waals surface area contributed by atoms with Crippen molar-refractivity contribution in [1.29, 1.82) is 0 Å². The van der Waals surface area contributed by atoms with Gasteiger partial charge in [-0.15, -0.1) is 0 Å². The molecule has 1 saturated heterocycles. The molecule has 1 heterocycles. The van der Waals surface area contributed by atoms with Crippen molar-refractivity contribution in [3.05, 3.63) is 133 Å². The monoisotopic (exact) mass is 613 g/mol. The average molecular weight is 615 g/mol. The molecule has 0 aromatic heterocycles. The van der Waals surface area contributed by atoms with Gasteiger partial charge in [0, 0.05) is 22.2 Å². The smallest absolute Gasteiger partial charge is 0.272 e. The molecule has 4 aromatic rings. The Morgan fingerprint density at radius 2 is 1.52 bits per heavy atom. The maximum absolute atomic E-state index is 14.4. The van der Waals surface area contributed by atoms with E-state index < -0.39 is 23.2 Å². The van der Waals surface area contributed by atoms with Gasteiger partial charge in [0.15, 0.2) is 0 Å². The molecule has 6 nitrogen and oxygen atoms in total. The van der Waals surface area contributed by atoms with E-state index in [1.54, 1.807) is 30.5 Å². The molecule has 8 rings (SSSR count). The number of halogens is 3. The van der Waals surface area contributed by atoms with Gasteiger partial charge in [-0.2, -0.15) is 5.10 Å². The van der Waals surface area contributed by atoms with Gasteiger partial charge in [0.2, 0.25) is 11.8 Å². The Morgan fingerprint density at radius 1 is 0.857 bits per heavy atom. The van der Waals surface area contributed by atoms with Gasteiger partial charge in [0.05, 0.1) is 33.5 Å². The molecule has 0 saturated carbocycles. The van der Waals surface area contributed by atoms with E-state index in [9.17, 15) is 14.4 Å². The summed E-state index contributed by atoms with van der Waals surface area (Å²) in [5.41, 5.74) is 6.61. The number of hydrazone groups is 1. The Morgan fingerprint density at radius 3 is 2.17 bits per heavy atom. The maximum atomic E-state index is 14.4. The number of hydrogen-bond acceptors (Lipinski definition) is 4. The lowest BCUT2D eigenvalue weighted by atomic mass is 9.47. The van der Waals surface area contributed by atoms with Crippen LogP contribution >= 0.6 is 34.8 Å². The molecule has 4 aliphatic rings. The third kappa shape index (κ3) is 3.72. The number of carbonyl (C=O) groups is 3. The summed E-state index contributed by atoms with van der Waals surface area (Å²) in [5.74, 6) is -2.93. The Bertz CT molecular complexity index is 1820. The summed E-state index contributed by atoms with van der Waals surface area (Å²) in [7, 11) is 0. The molecule has 2 atom stereocenters. The normalized spacial score (nSPS) is 23.6. The highest BCUT2D eigenvalue weighted by molar-refractivity contribution is 6.36. The lowest BCUT2D eigenvalue weighted by molar-refractivity contribution is -0.122. The van der Waals surface area contributed by atoms with E-state index >= 15 is 0 Å². The third-order valence-corrected chi connectivity index (χ3v) is 9.66. The van der Waals surface area contributed by atoms with Crippen LogP contribution in [0.25, 0.3) is 0 Å². The number of carbonyl (C=O) groups excluding carboxylic acids is 3. The van der Waals surface area contributed by atoms with Crippen molar-refractivity contribution in [2.45, 2.75) is 18.3 Å². The third-order valence-electron chi connectivity index (χ3n) is 8.71. The molecule has 1 N–H and O–H groups in total. The van der Waals surface area contributed by atoms with Crippen molar-refractivity contribution in [3.63, 3.8) is 0 Å². The van der Waals surface area contributed by atoms with Gasteiger partial charge in [-0.3, -0.25) is 14.4 Å². The molecule has 2 bridgehead atoms. The molecule has 4 aromatic carbocycles. The van der Waals surface area contributed by atoms with Crippen molar-refractivity contribution in [2.75, 3.05) is 4.90 Å². The highest BCUT2D eigenvalue weighted by Gasteiger charge is 2.68. The van der Waals surface area contributed by atoms with Crippen molar-refractivity contribution in [3.8, 4) is 0 Å². The summed E-state index contributed by atoms with van der Waals surface area (Å²) < 4.78 is 0. The zero-order valence-electron chi connectivity index (χ0n) is 22.1. The van der Waals surface area contributed by atoms with E-state index in [1.807, 2.05) is 55.5 Å². The molecule has 208 valence electrons. The summed E-state index contributed by atoms with van der Waals surface area (Å²) in [5, 5.41) is 5.48. The first-order valence-corrected chi connectivity index (χ1v) is 14.5. The molecule has 3 aliphatic carbocycles. The number of hydrogen-bond donors (Lipinski definition) is 1. The van der Waals surface area contributed by atoms with Crippen LogP contribution in [-0.4, -0.2) is 23.9 Å². The minimum atomic E-state index is -1.13. The van der Waals surface area contributed by atoms with Crippen molar-refractivity contribution in [2.24, 2.45) is 16.9 Å². The molecule has 42 heavy (non-hydrogen) atoms. The number of nitrogens with zero attached hydrogens (tertiary/aromatic N) is 2. The second-order valence-corrected chi connectivity index (χ2v) is 12.0. The first-order valence-electron chi connectivity index (χ1n) is 13.4. The van der Waals surface area contributed by atoms with Crippen LogP contribution in [0.4, 0.5) is 5.69 Å². The lowest BCUT2D eigenvalue weighted by Gasteiger charge is -2.52. The lowest BCUT2D eigenvalue weighted by Crippen LogP contribution is -2.54. The van der Waals surface area contributed by atoms with Crippen LogP contribution in [0.5, 0.6) is 0 Å². The second kappa shape index (κ2) is 9.80. The topological polar surface area (TPSA) is 78.8 Å². The summed E-state index contributed by atoms with van der Waals surface area (Å²) >= 11 is 18.7. The number of amides is 3. The predicted molar refractivity (Wildman–Crippen MR) is 164 cm³/mol. The average Bonchev–Trinajstić information content (AvgIpc) is 3.25. The largest absolute Gasteiger partial charge is 0.274 e. The highest BCUT2D eigenvalue weighted by Crippen LogP contribution is 2.63. The minimum Gasteiger partial charge on any atom is -0.274 e. The molecule has 1 aliphatic heterocycles. The van der Waals surface area contributed by atoms with E-state index in [4.69, 9.17) is 34.8 Å². The van der Waals surface area contributed by atoms with E-state index in [1.165, 1.54) is 17.0 Å². The quantitative estimate of drug-likeness (QED) is 0.154. The van der Waals surface area contributed by atoms with Crippen LogP contribution in [0.1, 0.15) is 44.1 Å². The SMILES string of the molecule is Cc1ccc(N2C(=O)[C@@H]3C4c5ccccc5C(/C=N\NC(=O)c5ccc(Cl)cc5Cl)(c5ccccc54)[C@H]3C2=O)cc1Cl. The van der Waals surface area contributed by atoms with Gasteiger partial charge in [-0.05, 0) is 65.1 Å². The second-order valence-electron chi connectivity index (χ2n) is 10.8. The van der Waals surface area contributed by atoms with E-state index in [-0.39, 0.29) is 28.3 Å². The van der Waals surface area contributed by atoms with Gasteiger partial charge in [-0.1, -0.05) is 89.4 Å². The molecule has 0 unspecified atom stereocenters. The van der Waals surface area contributed by atoms with Crippen molar-refractivity contribution in [1.82, 2.24) is 5.43 Å². The Kier molecular flexibility index (Phi) is 6.28. The predicted octanol–water partition coefficient (Wildman–Crippen LogP) is 6.92. The minimum absolute atomic E-state index is 0.186. The standard InChI is InChI=1S/C33H22Cl3N3O3/c1-17-10-12-19(15-25(17)35)39-31(41)28-27-20-6-2-4-8-23(20)33(29(28)32(39)42,24-9-5-3-7-21(24)27)16-37-38-30(40)22-13-11-18(34)14-26(22)36/h2-16,27-29H,1H3,(H,38,40)/b37-16-/t27?,28-,29-,33?/m1/s1. The van der Waals surface area contributed by atoms with Gasteiger partial charge >= 0.3 is 0 Å². The van der Waals surface area contributed by atoms with Crippen LogP contribution in [0, 0.1) is 18.8 Å². The van der Waals surface area contributed by atoms with Crippen LogP contribution in [-0.2, 0) is 15.0 Å². The van der Waals surface area contributed by atoms with Gasteiger partial charge < -0.3 is 0 Å². The van der Waals surface area contributed by atoms with Crippen molar-refractivity contribution >= 4 is 64.4 Å². The number of benzene rings is 4. The zero-order valence-corrected chi connectivity index (χ0v) is 24.4. The first kappa shape index (κ1) is 26.9. The first-order chi connectivity index (χ1) is 20.2. The van der Waals surface area contributed by atoms with Crippen LogP contribution in [0.3, 0.4) is 0 Å². The van der Waals surface area contributed by atoms with Crippen LogP contribution in [0.15, 0.2) is 90.0 Å². The number of aryl methyl sites for hydroxylation is 1. The molecule has 0 radical (unpaired) electrons. The molecule has 9 heteroatoms. The number of imide groups is 1. The molecule has 1 fully saturated rings. The molecular weight excluding hydrogens is 593 g/mol. The molecular formula is C33H22Cl3N3O3. The Labute approximate surface area is 256 Å². The van der Waals surface area contributed by atoms with Gasteiger partial charge in [-0.25, -0.2) is 10.3 Å². The Balaban J connectivity index is 1.39. The number of anilines is 1. The fourth-order valence-corrected chi connectivity index (χ4v) is 7.62. The van der Waals surface area contributed by atoms with E-state index in [0.29, 0.717) is 15.7 Å². The summed E-state index contributed by atoms with van der Waals surface area (Å²) in [4.78, 5) is 43.0. The summed E-state index contributed by atoms with van der Waals surface area (Å²) in [6.45, 7) is 1.87. The van der Waals surface area contributed by atoms with Crippen LogP contribution < -0.4 is 10.3 Å². The fraction of sp³-hybridized carbons (Fsp3) is 0.152. The molecule has 0 spiro atoms. The van der Waals surface area contributed by atoms with E-state index in [0.717, 1.165) is 27.8 Å². The van der Waals surface area contributed by atoms with Crippen molar-refractivity contribution < 1.29 is 14.4 Å². The van der Waals surface area contributed by atoms with Gasteiger partial charge in [0.1, 0.15) is 0 Å². The van der Waals surface area contributed by atoms with Crippen LogP contribution in [0.2, 0.25) is 15.1 Å². The maximum Gasteiger partial charge on any atom is 0.272 e. The Hall–Kier alpha value is -3.97. The van der Waals surface area contributed by atoms with Gasteiger partial charge in [0.25, 0.3) is 5.91 Å². The molecule has 3 amide bonds. The highest BCUT2D eigenvalue weighted by atomic mass is 35.5. The number of rotatable bonds is 4. The number of nitrogens with one attached hydrogen (secondary N) is 1. The zero-order chi connectivity index (χ0) is 29.3. The summed E-state index contributed by atoms with van der Waals surface area (Å²) in [6.07, 6.45) is 1.61. The fourth-order valence-electron chi connectivity index (χ4n) is 6.95. The van der Waals surface area contributed by atoms with E-state index in [2.05, 4.69) is 10.5 Å².